The summed E-state index contributed by atoms with van der Waals surface area (Å²) in [6.07, 6.45) is 0.484. The van der Waals surface area contributed by atoms with Crippen molar-refractivity contribution in [2.45, 2.75) is 25.5 Å². The van der Waals surface area contributed by atoms with Crippen molar-refractivity contribution >= 4 is 11.8 Å². The number of amidine groups is 1. The number of hydrogen-bond acceptors (Lipinski definition) is 4. The maximum atomic E-state index is 12.7. The molecule has 0 aromatic heterocycles. The predicted octanol–water partition coefficient (Wildman–Crippen LogP) is 2.89. The van der Waals surface area contributed by atoms with Crippen molar-refractivity contribution in [1.29, 1.82) is 0 Å². The summed E-state index contributed by atoms with van der Waals surface area (Å²) < 4.78 is 5.55. The van der Waals surface area contributed by atoms with E-state index in [9.17, 15) is 4.79 Å². The van der Waals surface area contributed by atoms with Gasteiger partial charge in [-0.2, -0.15) is 0 Å². The second-order valence-corrected chi connectivity index (χ2v) is 5.28. The first-order valence-corrected chi connectivity index (χ1v) is 7.37. The Morgan fingerprint density at radius 3 is 2.45 bits per heavy atom. The first-order chi connectivity index (χ1) is 10.7. The van der Waals surface area contributed by atoms with E-state index in [1.165, 1.54) is 5.56 Å². The van der Waals surface area contributed by atoms with E-state index in [0.717, 1.165) is 12.0 Å². The van der Waals surface area contributed by atoms with E-state index in [2.05, 4.69) is 11.9 Å². The second-order valence-electron chi connectivity index (χ2n) is 5.28. The molecular weight excluding hydrogens is 276 g/mol. The minimum absolute atomic E-state index is 0.0670. The fraction of sp³-hybridized carbons (Fsp3) is 0.222. The summed E-state index contributed by atoms with van der Waals surface area (Å²) in [5.41, 5.74) is 8.41. The van der Waals surface area contributed by atoms with Gasteiger partial charge in [0.15, 0.2) is 17.9 Å². The second kappa shape index (κ2) is 6.02. The molecule has 0 aliphatic carbocycles. The van der Waals surface area contributed by atoms with Gasteiger partial charge in [-0.25, -0.2) is 4.99 Å². The third kappa shape index (κ3) is 2.72. The van der Waals surface area contributed by atoms with Crippen molar-refractivity contribution < 1.29 is 9.53 Å². The van der Waals surface area contributed by atoms with Crippen molar-refractivity contribution in [3.8, 4) is 0 Å². The van der Waals surface area contributed by atoms with Gasteiger partial charge in [0.1, 0.15) is 0 Å². The van der Waals surface area contributed by atoms with Crippen LogP contribution in [0.25, 0.3) is 0 Å². The summed E-state index contributed by atoms with van der Waals surface area (Å²) in [4.78, 5) is 16.9. The van der Waals surface area contributed by atoms with Gasteiger partial charge in [0.2, 0.25) is 0 Å². The predicted molar refractivity (Wildman–Crippen MR) is 85.8 cm³/mol. The van der Waals surface area contributed by atoms with Gasteiger partial charge in [-0.15, -0.1) is 0 Å². The molecule has 0 amide bonds. The van der Waals surface area contributed by atoms with E-state index in [1.54, 1.807) is 0 Å². The highest BCUT2D eigenvalue weighted by Gasteiger charge is 2.37. The van der Waals surface area contributed by atoms with Crippen LogP contribution in [-0.2, 0) is 11.2 Å². The van der Waals surface area contributed by atoms with Crippen LogP contribution < -0.4 is 5.73 Å². The van der Waals surface area contributed by atoms with Crippen LogP contribution in [0.2, 0.25) is 0 Å². The van der Waals surface area contributed by atoms with E-state index in [4.69, 9.17) is 10.5 Å². The molecule has 1 aliphatic heterocycles. The maximum Gasteiger partial charge on any atom is 0.283 e. The molecule has 2 unspecified atom stereocenters. The summed E-state index contributed by atoms with van der Waals surface area (Å²) in [6.45, 7) is 2.08. The van der Waals surface area contributed by atoms with Crippen LogP contribution >= 0.6 is 0 Å². The minimum atomic E-state index is -0.630. The van der Waals surface area contributed by atoms with Crippen LogP contribution in [0.15, 0.2) is 59.6 Å². The monoisotopic (exact) mass is 294 g/mol. The number of hydrogen-bond donors (Lipinski definition) is 1. The molecule has 4 nitrogen and oxygen atoms in total. The molecule has 0 saturated heterocycles. The van der Waals surface area contributed by atoms with Crippen molar-refractivity contribution in [3.05, 3.63) is 71.3 Å². The number of ether oxygens (including phenoxy) is 1. The number of nitrogens with zero attached hydrogens (tertiary/aromatic N) is 1. The third-order valence-electron chi connectivity index (χ3n) is 3.84. The standard InChI is InChI=1S/C18H18N2O2/c1-2-12-8-10-13(11-9-12)16(21)15-17(22-18(19)20-15)14-6-4-3-5-7-14/h3-11,15,17H,2H2,1H3,(H2,19,20). The lowest BCUT2D eigenvalue weighted by Crippen LogP contribution is -2.24. The van der Waals surface area contributed by atoms with E-state index in [-0.39, 0.29) is 11.8 Å². The number of Topliss-reactive ketones (excluding diaryl/α,β-unsaturated/α-hetero) is 1. The molecule has 2 N–H and O–H groups in total. The minimum Gasteiger partial charge on any atom is -0.454 e. The highest BCUT2D eigenvalue weighted by Crippen LogP contribution is 2.30. The van der Waals surface area contributed by atoms with Crippen LogP contribution in [0.4, 0.5) is 0 Å². The molecule has 22 heavy (non-hydrogen) atoms. The topological polar surface area (TPSA) is 64.7 Å². The lowest BCUT2D eigenvalue weighted by molar-refractivity contribution is 0.0889. The zero-order valence-electron chi connectivity index (χ0n) is 12.4. The Hall–Kier alpha value is -2.62. The molecule has 0 bridgehead atoms. The van der Waals surface area contributed by atoms with Crippen LogP contribution in [0.5, 0.6) is 0 Å². The normalized spacial score (nSPS) is 20.3. The molecule has 0 radical (unpaired) electrons. The lowest BCUT2D eigenvalue weighted by Gasteiger charge is -2.16. The SMILES string of the molecule is CCc1ccc(C(=O)C2N=C(N)OC2c2ccccc2)cc1. The smallest absolute Gasteiger partial charge is 0.283 e. The maximum absolute atomic E-state index is 12.7. The Morgan fingerprint density at radius 2 is 1.82 bits per heavy atom. The number of carbonyl (C=O) groups excluding carboxylic acids is 1. The van der Waals surface area contributed by atoms with Crippen LogP contribution in [0.1, 0.15) is 34.5 Å². The van der Waals surface area contributed by atoms with Gasteiger partial charge in [-0.3, -0.25) is 4.79 Å². The van der Waals surface area contributed by atoms with E-state index >= 15 is 0 Å². The summed E-state index contributed by atoms with van der Waals surface area (Å²) >= 11 is 0. The fourth-order valence-electron chi connectivity index (χ4n) is 2.59. The molecule has 2 aromatic rings. The van der Waals surface area contributed by atoms with Gasteiger partial charge >= 0.3 is 0 Å². The van der Waals surface area contributed by atoms with E-state index in [1.807, 2.05) is 54.6 Å². The Bertz CT molecular complexity index is 693. The van der Waals surface area contributed by atoms with E-state index < -0.39 is 12.1 Å². The third-order valence-corrected chi connectivity index (χ3v) is 3.84. The zero-order chi connectivity index (χ0) is 15.5. The number of carbonyl (C=O) groups is 1. The molecule has 112 valence electrons. The summed E-state index contributed by atoms with van der Waals surface area (Å²) in [7, 11) is 0. The average Bonchev–Trinajstić information content (AvgIpc) is 2.97. The molecule has 0 saturated carbocycles. The van der Waals surface area contributed by atoms with E-state index in [0.29, 0.717) is 5.56 Å². The molecule has 2 aromatic carbocycles. The first kappa shape index (κ1) is 14.3. The quantitative estimate of drug-likeness (QED) is 0.882. The van der Waals surface area contributed by atoms with Crippen molar-refractivity contribution in [2.75, 3.05) is 0 Å². The molecule has 2 atom stereocenters. The van der Waals surface area contributed by atoms with Gasteiger partial charge < -0.3 is 10.5 Å². The van der Waals surface area contributed by atoms with Gasteiger partial charge in [-0.05, 0) is 17.5 Å². The number of benzene rings is 2. The van der Waals surface area contributed by atoms with Crippen molar-refractivity contribution in [3.63, 3.8) is 0 Å². The van der Waals surface area contributed by atoms with Crippen molar-refractivity contribution in [1.82, 2.24) is 0 Å². The molecule has 3 rings (SSSR count). The van der Waals surface area contributed by atoms with Crippen LogP contribution in [0.3, 0.4) is 0 Å². The highest BCUT2D eigenvalue weighted by atomic mass is 16.5. The Morgan fingerprint density at radius 1 is 1.14 bits per heavy atom. The molecule has 1 heterocycles. The highest BCUT2D eigenvalue weighted by molar-refractivity contribution is 6.02. The Labute approximate surface area is 129 Å². The number of rotatable bonds is 4. The molecular formula is C18H18N2O2. The molecule has 0 spiro atoms. The van der Waals surface area contributed by atoms with Gasteiger partial charge in [0, 0.05) is 5.56 Å². The first-order valence-electron chi connectivity index (χ1n) is 7.37. The summed E-state index contributed by atoms with van der Waals surface area (Å²) in [5, 5.41) is 0. The molecule has 1 aliphatic rings. The number of ketones is 1. The molecule has 0 fully saturated rings. The van der Waals surface area contributed by atoms with Gasteiger partial charge in [-0.1, -0.05) is 61.5 Å². The average molecular weight is 294 g/mol. The molecule has 4 heteroatoms. The Balaban J connectivity index is 1.88. The van der Waals surface area contributed by atoms with Gasteiger partial charge in [0.25, 0.3) is 6.02 Å². The van der Waals surface area contributed by atoms with Crippen LogP contribution in [-0.4, -0.2) is 17.8 Å². The number of aryl methyl sites for hydroxylation is 1. The summed E-state index contributed by atoms with van der Waals surface area (Å²) in [5.74, 6) is -0.0723. The lowest BCUT2D eigenvalue weighted by atomic mass is 9.95. The van der Waals surface area contributed by atoms with Gasteiger partial charge in [0.05, 0.1) is 0 Å². The van der Waals surface area contributed by atoms with Crippen molar-refractivity contribution in [2.24, 2.45) is 10.7 Å². The number of aliphatic imine (C=N–C) groups is 1. The zero-order valence-corrected chi connectivity index (χ0v) is 12.4. The number of nitrogens with two attached hydrogens (primary N) is 1. The largest absolute Gasteiger partial charge is 0.454 e. The summed E-state index contributed by atoms with van der Waals surface area (Å²) in [6, 6.07) is 16.6. The fourth-order valence-corrected chi connectivity index (χ4v) is 2.59. The van der Waals surface area contributed by atoms with Crippen LogP contribution in [0, 0.1) is 0 Å². The Kier molecular flexibility index (Phi) is 3.92.